The van der Waals surface area contributed by atoms with Crippen molar-refractivity contribution in [3.63, 3.8) is 0 Å². The second kappa shape index (κ2) is 37.7. The predicted molar refractivity (Wildman–Crippen MR) is 410 cm³/mol. The molecule has 0 bridgehead atoms. The van der Waals surface area contributed by atoms with Crippen LogP contribution in [0.3, 0.4) is 0 Å². The summed E-state index contributed by atoms with van der Waals surface area (Å²) in [4.78, 5) is 86.5. The normalized spacial score (nSPS) is 17.2. The molecule has 0 spiro atoms. The van der Waals surface area contributed by atoms with Crippen molar-refractivity contribution in [1.82, 2.24) is 40.4 Å². The van der Waals surface area contributed by atoms with Crippen LogP contribution in [0.5, 0.6) is 5.75 Å². The highest BCUT2D eigenvalue weighted by Gasteiger charge is 2.38. The van der Waals surface area contributed by atoms with Crippen LogP contribution >= 0.6 is 0 Å². The van der Waals surface area contributed by atoms with Crippen LogP contribution in [0.4, 0.5) is 40.2 Å². The Bertz CT molecular complexity index is 4350. The summed E-state index contributed by atoms with van der Waals surface area (Å²) >= 11 is 0. The number of hydrogen-bond donors (Lipinski definition) is 6. The first-order valence-electron chi connectivity index (χ1n) is 37.0. The number of ether oxygens (including phenoxy) is 1. The number of likely N-dealkylation sites (tertiary alicyclic amines) is 5. The molecule has 9 amide bonds. The Labute approximate surface area is 626 Å². The first-order valence-corrected chi connectivity index (χ1v) is 37.0. The van der Waals surface area contributed by atoms with Gasteiger partial charge in [0.25, 0.3) is 23.6 Å². The number of anilines is 3. The Morgan fingerprint density at radius 2 is 0.916 bits per heavy atom. The van der Waals surface area contributed by atoms with Gasteiger partial charge in [-0.25, -0.2) is 23.2 Å². The van der Waals surface area contributed by atoms with Crippen LogP contribution in [0.2, 0.25) is 0 Å². The molecular formula is C84H96F2N14O7. The average Bonchev–Trinajstić information content (AvgIpc) is 0.875. The second-order valence-electron chi connectivity index (χ2n) is 28.6. The lowest BCUT2D eigenvalue weighted by Gasteiger charge is -2.32. The molecule has 23 heteroatoms. The fourth-order valence-corrected chi connectivity index (χ4v) is 14.2. The average molecular weight is 1450 g/mol. The van der Waals surface area contributed by atoms with Crippen molar-refractivity contribution in [1.29, 1.82) is 15.8 Å². The molecule has 6 N–H and O–H groups in total. The van der Waals surface area contributed by atoms with Crippen molar-refractivity contribution in [2.75, 3.05) is 108 Å². The molecule has 0 aliphatic carbocycles. The molecule has 5 heterocycles. The van der Waals surface area contributed by atoms with Gasteiger partial charge in [-0.05, 0) is 229 Å². The number of para-hydroxylation sites is 1. The van der Waals surface area contributed by atoms with E-state index in [-0.39, 0.29) is 61.4 Å². The highest BCUT2D eigenvalue weighted by Crippen LogP contribution is 2.34. The number of amides is 9. The number of piperidine rings is 4. The van der Waals surface area contributed by atoms with E-state index in [0.29, 0.717) is 127 Å². The second-order valence-corrected chi connectivity index (χ2v) is 28.6. The lowest BCUT2D eigenvalue weighted by molar-refractivity contribution is 0.0124. The van der Waals surface area contributed by atoms with Crippen LogP contribution in [0, 0.1) is 54.8 Å². The minimum atomic E-state index is -2.65. The number of nitrogens with one attached hydrogen (secondary N) is 6. The quantitative estimate of drug-likeness (QED) is 0.0497. The maximum absolute atomic E-state index is 13.3. The van der Waals surface area contributed by atoms with E-state index in [1.54, 1.807) is 35.2 Å². The summed E-state index contributed by atoms with van der Waals surface area (Å²) in [6.07, 6.45) is 7.14. The topological polar surface area (TPSA) is 271 Å². The zero-order valence-electron chi connectivity index (χ0n) is 61.6. The number of urea groups is 3. The minimum absolute atomic E-state index is 0.00404. The van der Waals surface area contributed by atoms with Crippen molar-refractivity contribution in [2.24, 2.45) is 0 Å². The molecule has 2 atom stereocenters. The summed E-state index contributed by atoms with van der Waals surface area (Å²) in [7, 11) is 2.07. The number of carbonyl (C=O) groups is 6. The lowest BCUT2D eigenvalue weighted by atomic mass is 9.89. The van der Waals surface area contributed by atoms with E-state index in [1.807, 2.05) is 170 Å². The third kappa shape index (κ3) is 22.7. The Hall–Kier alpha value is -11.2. The van der Waals surface area contributed by atoms with Crippen molar-refractivity contribution in [3.8, 4) is 24.0 Å². The number of carbonyl (C=O) groups excluding carboxylic acids is 6. The number of nitriles is 3. The highest BCUT2D eigenvalue weighted by molar-refractivity contribution is 5.99. The minimum Gasteiger partial charge on any atom is -0.491 e. The number of benzene rings is 7. The van der Waals surface area contributed by atoms with Gasteiger partial charge < -0.3 is 56.2 Å². The van der Waals surface area contributed by atoms with Gasteiger partial charge in [-0.2, -0.15) is 15.8 Å². The molecule has 107 heavy (non-hydrogen) atoms. The Morgan fingerprint density at radius 1 is 0.514 bits per heavy atom. The summed E-state index contributed by atoms with van der Waals surface area (Å²) in [5.74, 6) is -0.885. The third-order valence-corrected chi connectivity index (χ3v) is 20.6. The van der Waals surface area contributed by atoms with Crippen molar-refractivity contribution in [3.05, 3.63) is 224 Å². The summed E-state index contributed by atoms with van der Waals surface area (Å²) in [5.41, 5.74) is 11.7. The number of hydrogen-bond acceptors (Lipinski definition) is 12. The number of aryl methyl sites for hydroxylation is 3. The van der Waals surface area contributed by atoms with Gasteiger partial charge in [-0.3, -0.25) is 19.3 Å². The molecule has 0 radical (unpaired) electrons. The van der Waals surface area contributed by atoms with E-state index < -0.39 is 12.0 Å². The molecule has 0 aromatic heterocycles. The fourth-order valence-electron chi connectivity index (χ4n) is 14.2. The standard InChI is InChI=1S/C30H32N4O3.C27H31F2N5O2.C27H33N5O2/c1-21-8-11-26(18-28(21)33-30(36)32-22(2)20-37-27-6-4-3-5-7-27)29(35)34-16-14-25(15-17-34)24-12-9-23(19-31)10-13-24;1-19-2-5-23(16-24(19)32-26(36)31-11-15-33-14-10-27(28,29)18-33)25(35)34-12-8-22(9-13-34)21-6-3-20(17-30)4-7-21;1-19-5-8-23(16-25(19)30-27(34)29-24-4-3-13-31(2)18-24)26(33)32-14-11-22(12-15-32)21-9-6-20(17-28)7-10-21/h3-13,18,22,25H,14-17,20H2,1-2H3,(H2,32,33,36);2-7,16,22H,8-15,18H2,1H3,(H2,31,32,36);5-10,16,22,24H,3-4,11-15,18H2,1-2H3,(H2,29,30,34). The van der Waals surface area contributed by atoms with Gasteiger partial charge in [-0.1, -0.05) is 72.8 Å². The predicted octanol–water partition coefficient (Wildman–Crippen LogP) is 13.9. The van der Waals surface area contributed by atoms with Gasteiger partial charge >= 0.3 is 18.1 Å². The van der Waals surface area contributed by atoms with E-state index in [0.717, 1.165) is 86.9 Å². The lowest BCUT2D eigenvalue weighted by Crippen LogP contribution is -2.47. The molecule has 5 saturated heterocycles. The van der Waals surface area contributed by atoms with Gasteiger partial charge in [0, 0.05) is 112 Å². The molecule has 12 rings (SSSR count). The van der Waals surface area contributed by atoms with Crippen molar-refractivity contribution < 1.29 is 42.3 Å². The first-order chi connectivity index (χ1) is 51.6. The van der Waals surface area contributed by atoms with Gasteiger partial charge in [0.15, 0.2) is 0 Å². The van der Waals surface area contributed by atoms with Gasteiger partial charge in [0.05, 0.1) is 47.5 Å². The van der Waals surface area contributed by atoms with E-state index >= 15 is 0 Å². The van der Waals surface area contributed by atoms with E-state index in [9.17, 15) is 37.5 Å². The van der Waals surface area contributed by atoms with E-state index in [2.05, 4.69) is 62.1 Å². The molecule has 0 saturated carbocycles. The molecule has 558 valence electrons. The number of halogens is 2. The van der Waals surface area contributed by atoms with Crippen LogP contribution in [0.1, 0.15) is 164 Å². The highest BCUT2D eigenvalue weighted by atomic mass is 19.3. The van der Waals surface area contributed by atoms with Gasteiger partial charge in [0.1, 0.15) is 12.4 Å². The molecule has 7 aromatic rings. The first kappa shape index (κ1) is 78.4. The smallest absolute Gasteiger partial charge is 0.319 e. The molecular weight excluding hydrogens is 1360 g/mol. The van der Waals surface area contributed by atoms with Crippen LogP contribution in [0.15, 0.2) is 158 Å². The fraction of sp³-hybridized carbons (Fsp3) is 0.393. The molecule has 5 fully saturated rings. The summed E-state index contributed by atoms with van der Waals surface area (Å²) in [6.45, 7) is 14.5. The SMILES string of the molecule is Cc1ccc(C(=O)N2CCC(c3ccc(C#N)cc3)CC2)cc1NC(=O)NC(C)COc1ccccc1.Cc1ccc(C(=O)N2CCC(c3ccc(C#N)cc3)CC2)cc1NC(=O)NC1CCCN(C)C1.Cc1ccc(C(=O)N2CCC(c3ccc(C#N)cc3)CC2)cc1NC(=O)NCCN1CCC(F)(F)C1. The molecule has 7 aromatic carbocycles. The van der Waals surface area contributed by atoms with Crippen LogP contribution in [-0.2, 0) is 0 Å². The maximum atomic E-state index is 13.3. The monoisotopic (exact) mass is 1450 g/mol. The number of likely N-dealkylation sites (N-methyl/N-ethyl adjacent to an activating group) is 1. The summed E-state index contributed by atoms with van der Waals surface area (Å²) < 4.78 is 32.3. The van der Waals surface area contributed by atoms with Crippen molar-refractivity contribution in [2.45, 2.75) is 121 Å². The van der Waals surface area contributed by atoms with Gasteiger partial charge in [0.2, 0.25) is 0 Å². The zero-order chi connectivity index (χ0) is 76.0. The zero-order valence-corrected chi connectivity index (χ0v) is 61.6. The van der Waals surface area contributed by atoms with Crippen molar-refractivity contribution >= 4 is 52.9 Å². The van der Waals surface area contributed by atoms with Gasteiger partial charge in [-0.15, -0.1) is 0 Å². The summed E-state index contributed by atoms with van der Waals surface area (Å²) in [6, 6.07) is 54.1. The third-order valence-electron chi connectivity index (χ3n) is 20.6. The summed E-state index contributed by atoms with van der Waals surface area (Å²) in [5, 5.41) is 44.2. The number of alkyl halides is 2. The Balaban J connectivity index is 0.000000172. The van der Waals surface area contributed by atoms with E-state index in [4.69, 9.17) is 20.5 Å². The Morgan fingerprint density at radius 3 is 1.30 bits per heavy atom. The molecule has 2 unspecified atom stereocenters. The Kier molecular flexibility index (Phi) is 27.6. The molecule has 21 nitrogen and oxygen atoms in total. The maximum Gasteiger partial charge on any atom is 0.319 e. The van der Waals surface area contributed by atoms with Crippen LogP contribution in [-0.4, -0.2) is 171 Å². The van der Waals surface area contributed by atoms with Crippen LogP contribution < -0.4 is 36.6 Å². The number of nitrogens with zero attached hydrogens (tertiary/aromatic N) is 8. The van der Waals surface area contributed by atoms with E-state index in [1.165, 1.54) is 16.7 Å². The number of rotatable bonds is 17. The van der Waals surface area contributed by atoms with Crippen LogP contribution in [0.25, 0.3) is 0 Å². The molecule has 5 aliphatic heterocycles. The largest absolute Gasteiger partial charge is 0.491 e. The molecule has 5 aliphatic rings.